The third kappa shape index (κ3) is 10.0. The van der Waals surface area contributed by atoms with Crippen LogP contribution in [0.4, 0.5) is 0 Å². The lowest BCUT2D eigenvalue weighted by atomic mass is 9.98. The van der Waals surface area contributed by atoms with E-state index < -0.39 is 8.32 Å². The molecule has 3 aromatic rings. The second-order valence-corrected chi connectivity index (χ2v) is 22.0. The van der Waals surface area contributed by atoms with Crippen LogP contribution in [0.5, 0.6) is 5.75 Å². The van der Waals surface area contributed by atoms with Crippen molar-refractivity contribution in [2.75, 3.05) is 25.2 Å². The summed E-state index contributed by atoms with van der Waals surface area (Å²) < 4.78 is 26.4. The Morgan fingerprint density at radius 2 is 1.60 bits per heavy atom. The van der Waals surface area contributed by atoms with Crippen LogP contribution in [-0.4, -0.2) is 62.2 Å². The highest BCUT2D eigenvalue weighted by atomic mass is 32.2. The highest BCUT2D eigenvalue weighted by Gasteiger charge is 2.50. The summed E-state index contributed by atoms with van der Waals surface area (Å²) in [7, 11) is -1.07. The third-order valence-electron chi connectivity index (χ3n) is 9.62. The summed E-state index contributed by atoms with van der Waals surface area (Å²) in [5.74, 6) is 3.22. The van der Waals surface area contributed by atoms with E-state index in [-0.39, 0.29) is 27.4 Å². The number of carbonyl (C=O) groups is 1. The van der Waals surface area contributed by atoms with Crippen LogP contribution in [0, 0.1) is 0 Å². The first kappa shape index (κ1) is 38.6. The largest absolute Gasteiger partial charge is 0.497 e. The van der Waals surface area contributed by atoms with Crippen molar-refractivity contribution < 1.29 is 23.4 Å². The highest BCUT2D eigenvalue weighted by molar-refractivity contribution is 8.18. The van der Waals surface area contributed by atoms with Crippen LogP contribution in [0.25, 0.3) is 0 Å². The number of hydrogen-bond acceptors (Lipinski definition) is 7. The van der Waals surface area contributed by atoms with Gasteiger partial charge in [0.05, 0.1) is 42.7 Å². The fraction of sp³-hybridized carbons (Fsp3) is 0.452. The molecule has 0 aromatic heterocycles. The van der Waals surface area contributed by atoms with Crippen LogP contribution in [0.15, 0.2) is 109 Å². The molecule has 5 nitrogen and oxygen atoms in total. The number of carbonyl (C=O) groups excluding carboxylic acids is 1. The first-order valence-electron chi connectivity index (χ1n) is 17.9. The average molecular weight is 731 g/mol. The lowest BCUT2D eigenvalue weighted by molar-refractivity contribution is -0.104. The molecule has 0 unspecified atom stereocenters. The molecule has 0 N–H and O–H groups in total. The van der Waals surface area contributed by atoms with E-state index in [4.69, 9.17) is 18.6 Å². The van der Waals surface area contributed by atoms with E-state index in [0.717, 1.165) is 43.3 Å². The summed E-state index contributed by atoms with van der Waals surface area (Å²) in [5, 5.41) is 2.39. The number of thioether (sulfide) groups is 2. The Hall–Kier alpha value is -2.59. The molecule has 0 aliphatic carbocycles. The Balaban J connectivity index is 1.41. The zero-order valence-electron chi connectivity index (χ0n) is 30.3. The van der Waals surface area contributed by atoms with Gasteiger partial charge < -0.3 is 18.6 Å². The van der Waals surface area contributed by atoms with Gasteiger partial charge in [-0.1, -0.05) is 111 Å². The molecule has 0 amide bonds. The topological polar surface area (TPSA) is 54.0 Å². The van der Waals surface area contributed by atoms with Crippen molar-refractivity contribution in [1.82, 2.24) is 0 Å². The Labute approximate surface area is 309 Å². The van der Waals surface area contributed by atoms with Gasteiger partial charge in [0.2, 0.25) is 0 Å². The van der Waals surface area contributed by atoms with Crippen LogP contribution < -0.4 is 15.1 Å². The quantitative estimate of drug-likeness (QED) is 0.0671. The maximum absolute atomic E-state index is 11.0. The van der Waals surface area contributed by atoms with Crippen molar-refractivity contribution in [3.63, 3.8) is 0 Å². The molecule has 2 heterocycles. The summed E-state index contributed by atoms with van der Waals surface area (Å²) in [5.41, 5.74) is 2.34. The van der Waals surface area contributed by atoms with E-state index in [1.165, 1.54) is 33.9 Å². The number of benzene rings is 3. The summed E-state index contributed by atoms with van der Waals surface area (Å²) in [6.45, 7) is 10.1. The van der Waals surface area contributed by atoms with Crippen LogP contribution >= 0.6 is 23.5 Å². The average Bonchev–Trinajstić information content (AvgIpc) is 3.11. The van der Waals surface area contributed by atoms with Gasteiger partial charge in [-0.3, -0.25) is 4.79 Å². The summed E-state index contributed by atoms with van der Waals surface area (Å²) in [6, 6.07) is 29.7. The lowest BCUT2D eigenvalue weighted by Crippen LogP contribution is -2.67. The maximum Gasteiger partial charge on any atom is 0.261 e. The van der Waals surface area contributed by atoms with E-state index in [1.807, 2.05) is 18.2 Å². The molecule has 3 aromatic carbocycles. The monoisotopic (exact) mass is 730 g/mol. The number of aldehydes is 1. The molecule has 8 heteroatoms. The molecule has 2 aliphatic rings. The molecule has 2 aliphatic heterocycles. The second kappa shape index (κ2) is 18.3. The van der Waals surface area contributed by atoms with Crippen LogP contribution in [-0.2, 0) is 25.3 Å². The SMILES string of the molecule is COc1ccc(CO[C@@H](CO[Si](c2ccccc2)(c2ccccc2)C(C)(C)C)C/C(C)=C/[C@H]2CC3(C[C@@H](C/C=C/C=O)O2)SCCCS3)cc1. The normalized spacial score (nSPS) is 20.5. The second-order valence-electron chi connectivity index (χ2n) is 14.4. The summed E-state index contributed by atoms with van der Waals surface area (Å²) in [4.78, 5) is 11.0. The maximum atomic E-state index is 11.0. The molecule has 0 radical (unpaired) electrons. The molecule has 3 atom stereocenters. The van der Waals surface area contributed by atoms with Crippen LogP contribution in [0.2, 0.25) is 5.04 Å². The third-order valence-corrected chi connectivity index (χ3v) is 18.0. The Morgan fingerprint density at radius 1 is 0.960 bits per heavy atom. The number of ether oxygens (including phenoxy) is 3. The van der Waals surface area contributed by atoms with Crippen molar-refractivity contribution in [2.45, 2.75) is 93.8 Å². The molecule has 2 saturated heterocycles. The molecule has 50 heavy (non-hydrogen) atoms. The minimum atomic E-state index is -2.76. The van der Waals surface area contributed by atoms with E-state index in [1.54, 1.807) is 13.2 Å². The number of methoxy groups -OCH3 is 1. The Bertz CT molecular complexity index is 1490. The molecule has 1 spiro atoms. The molecule has 5 rings (SSSR count). The Kier molecular flexibility index (Phi) is 14.1. The fourth-order valence-electron chi connectivity index (χ4n) is 7.28. The minimum Gasteiger partial charge on any atom is -0.497 e. The standard InChI is InChI=1S/C42H54O5S2Si/c1-33(27-37-30-42(48-25-14-26-49-42)29-36(47-37)15-12-13-24-43)28-38(45-31-34-20-22-35(44-5)23-21-34)32-46-50(41(2,3)4,39-16-8-6-9-17-39)40-18-10-7-11-19-40/h6-13,16-24,27,36-38H,14-15,25-26,28-32H2,1-5H3/b13-12+,33-27+/t36-,37+,38-/m1/s1. The minimum absolute atomic E-state index is 0.0105. The molecular weight excluding hydrogens is 677 g/mol. The van der Waals surface area contributed by atoms with Crippen molar-refractivity contribution in [2.24, 2.45) is 0 Å². The van der Waals surface area contributed by atoms with Gasteiger partial charge in [-0.05, 0) is 83.3 Å². The van der Waals surface area contributed by atoms with Gasteiger partial charge in [0.25, 0.3) is 8.32 Å². The van der Waals surface area contributed by atoms with Crippen molar-refractivity contribution >= 4 is 48.5 Å². The van der Waals surface area contributed by atoms with E-state index in [2.05, 4.69) is 130 Å². The lowest BCUT2D eigenvalue weighted by Gasteiger charge is -2.45. The van der Waals surface area contributed by atoms with Crippen LogP contribution in [0.1, 0.15) is 65.4 Å². The molecule has 0 saturated carbocycles. The summed E-state index contributed by atoms with van der Waals surface area (Å²) >= 11 is 4.20. The molecular formula is C42H54O5S2Si. The highest BCUT2D eigenvalue weighted by Crippen LogP contribution is 2.52. The fourth-order valence-corrected chi connectivity index (χ4v) is 15.4. The zero-order chi connectivity index (χ0) is 35.5. The Morgan fingerprint density at radius 3 is 2.18 bits per heavy atom. The first-order valence-corrected chi connectivity index (χ1v) is 21.7. The van der Waals surface area contributed by atoms with Gasteiger partial charge in [-0.25, -0.2) is 0 Å². The van der Waals surface area contributed by atoms with Crippen molar-refractivity contribution in [1.29, 1.82) is 0 Å². The van der Waals surface area contributed by atoms with Gasteiger partial charge in [0, 0.05) is 6.42 Å². The smallest absolute Gasteiger partial charge is 0.261 e. The van der Waals surface area contributed by atoms with Gasteiger partial charge in [0.1, 0.15) is 12.0 Å². The van der Waals surface area contributed by atoms with Gasteiger partial charge >= 0.3 is 0 Å². The number of rotatable bonds is 15. The van der Waals surface area contributed by atoms with Crippen LogP contribution in [0.3, 0.4) is 0 Å². The predicted molar refractivity (Wildman–Crippen MR) is 213 cm³/mol. The first-order chi connectivity index (χ1) is 24.2. The van der Waals surface area contributed by atoms with Gasteiger partial charge in [-0.2, -0.15) is 0 Å². The number of allylic oxidation sites excluding steroid dienone is 1. The summed E-state index contributed by atoms with van der Waals surface area (Å²) in [6.07, 6.45) is 11.4. The predicted octanol–water partition coefficient (Wildman–Crippen LogP) is 8.75. The zero-order valence-corrected chi connectivity index (χ0v) is 33.0. The van der Waals surface area contributed by atoms with Gasteiger partial charge in [0.15, 0.2) is 0 Å². The van der Waals surface area contributed by atoms with Crippen molar-refractivity contribution in [3.05, 3.63) is 114 Å². The molecule has 0 bridgehead atoms. The van der Waals surface area contributed by atoms with Crippen molar-refractivity contribution in [3.8, 4) is 5.75 Å². The van der Waals surface area contributed by atoms with E-state index in [9.17, 15) is 4.79 Å². The van der Waals surface area contributed by atoms with E-state index in [0.29, 0.717) is 13.2 Å². The number of hydrogen-bond donors (Lipinski definition) is 0. The molecule has 268 valence electrons. The molecule has 2 fully saturated rings. The van der Waals surface area contributed by atoms with Gasteiger partial charge in [-0.15, -0.1) is 23.5 Å². The van der Waals surface area contributed by atoms with E-state index >= 15 is 0 Å².